The van der Waals surface area contributed by atoms with Gasteiger partial charge in [-0.15, -0.1) is 10.2 Å². The van der Waals surface area contributed by atoms with Gasteiger partial charge in [0.15, 0.2) is 5.82 Å². The average Bonchev–Trinajstić information content (AvgIpc) is 3.43. The van der Waals surface area contributed by atoms with Gasteiger partial charge in [-0.1, -0.05) is 24.3 Å². The highest BCUT2D eigenvalue weighted by atomic mass is 16.7. The Hall–Kier alpha value is -3.76. The fourth-order valence-corrected chi connectivity index (χ4v) is 4.44. The van der Waals surface area contributed by atoms with E-state index in [4.69, 9.17) is 14.0 Å². The van der Waals surface area contributed by atoms with E-state index in [9.17, 15) is 0 Å². The molecular weight excluding hydrogens is 491 g/mol. The number of aryl methyl sites for hydroxylation is 2. The van der Waals surface area contributed by atoms with Gasteiger partial charge < -0.3 is 23.9 Å². The average molecular weight is 526 g/mol. The fourth-order valence-electron chi connectivity index (χ4n) is 4.44. The van der Waals surface area contributed by atoms with Gasteiger partial charge >= 0.3 is 7.12 Å². The number of pyridine rings is 1. The van der Waals surface area contributed by atoms with Crippen molar-refractivity contribution < 1.29 is 14.0 Å². The summed E-state index contributed by atoms with van der Waals surface area (Å²) in [4.78, 5) is 8.96. The van der Waals surface area contributed by atoms with Gasteiger partial charge in [-0.3, -0.25) is 0 Å². The van der Waals surface area contributed by atoms with Crippen molar-refractivity contribution in [3.8, 4) is 23.0 Å². The van der Waals surface area contributed by atoms with E-state index in [2.05, 4.69) is 84.4 Å². The lowest BCUT2D eigenvalue weighted by Gasteiger charge is -2.32. The maximum absolute atomic E-state index is 6.18. The van der Waals surface area contributed by atoms with E-state index in [1.54, 1.807) is 13.4 Å². The second-order valence-corrected chi connectivity index (χ2v) is 11.0. The number of methoxy groups -OCH3 is 1. The second kappa shape index (κ2) is 10.1. The van der Waals surface area contributed by atoms with Crippen LogP contribution in [0.15, 0.2) is 55.0 Å². The summed E-state index contributed by atoms with van der Waals surface area (Å²) in [6, 6.07) is 14.2. The minimum atomic E-state index is -0.377. The number of imidazole rings is 1. The van der Waals surface area contributed by atoms with Crippen molar-refractivity contribution in [2.45, 2.75) is 65.7 Å². The molecule has 202 valence electrons. The predicted molar refractivity (Wildman–Crippen MR) is 153 cm³/mol. The first-order valence-corrected chi connectivity index (χ1v) is 13.1. The van der Waals surface area contributed by atoms with Gasteiger partial charge in [0, 0.05) is 6.20 Å². The molecule has 1 fully saturated rings. The third kappa shape index (κ3) is 5.26. The molecule has 3 aromatic heterocycles. The number of anilines is 1. The highest BCUT2D eigenvalue weighted by Crippen LogP contribution is 2.36. The van der Waals surface area contributed by atoms with Crippen molar-refractivity contribution in [2.75, 3.05) is 12.4 Å². The minimum Gasteiger partial charge on any atom is -0.479 e. The fraction of sp³-hybridized carbons (Fsp3) is 0.379. The molecule has 1 aliphatic heterocycles. The summed E-state index contributed by atoms with van der Waals surface area (Å²) in [6.45, 7) is 14.3. The molecule has 1 saturated heterocycles. The molecule has 10 heteroatoms. The smallest absolute Gasteiger partial charge is 0.479 e. The van der Waals surface area contributed by atoms with Crippen molar-refractivity contribution in [1.82, 2.24) is 24.7 Å². The first kappa shape index (κ1) is 26.8. The largest absolute Gasteiger partial charge is 0.494 e. The Morgan fingerprint density at radius 3 is 2.23 bits per heavy atom. The maximum Gasteiger partial charge on any atom is 0.494 e. The number of ether oxygens (including phenoxy) is 1. The molecule has 0 unspecified atom stereocenters. The van der Waals surface area contributed by atoms with E-state index in [1.165, 1.54) is 0 Å². The summed E-state index contributed by atoms with van der Waals surface area (Å²) in [6.07, 6.45) is 3.67. The van der Waals surface area contributed by atoms with E-state index in [0.717, 1.165) is 33.8 Å². The van der Waals surface area contributed by atoms with Crippen molar-refractivity contribution in [2.24, 2.45) is 0 Å². The molecule has 0 spiro atoms. The van der Waals surface area contributed by atoms with Crippen LogP contribution in [0.4, 0.5) is 5.82 Å². The van der Waals surface area contributed by atoms with E-state index in [0.29, 0.717) is 17.3 Å². The zero-order chi connectivity index (χ0) is 27.9. The Bertz CT molecular complexity index is 1470. The molecule has 0 radical (unpaired) electrons. The highest BCUT2D eigenvalue weighted by Gasteiger charge is 2.51. The molecule has 5 rings (SSSR count). The van der Waals surface area contributed by atoms with Crippen LogP contribution >= 0.6 is 0 Å². The van der Waals surface area contributed by atoms with E-state index in [-0.39, 0.29) is 24.4 Å². The Balaban J connectivity index is 1.29. The van der Waals surface area contributed by atoms with Crippen molar-refractivity contribution in [3.05, 3.63) is 71.8 Å². The molecule has 0 bridgehead atoms. The van der Waals surface area contributed by atoms with Gasteiger partial charge in [-0.25, -0.2) is 9.97 Å². The van der Waals surface area contributed by atoms with Gasteiger partial charge in [0.2, 0.25) is 5.88 Å². The Morgan fingerprint density at radius 1 is 0.949 bits per heavy atom. The zero-order valence-corrected chi connectivity index (χ0v) is 23.8. The van der Waals surface area contributed by atoms with E-state index < -0.39 is 0 Å². The van der Waals surface area contributed by atoms with Crippen LogP contribution in [0.5, 0.6) is 5.88 Å². The molecule has 9 nitrogen and oxygen atoms in total. The maximum atomic E-state index is 6.18. The lowest BCUT2D eigenvalue weighted by Crippen LogP contribution is -2.41. The molecule has 0 amide bonds. The molecule has 1 N–H and O–H groups in total. The number of hydrogen-bond donors (Lipinski definition) is 1. The van der Waals surface area contributed by atoms with Crippen molar-refractivity contribution in [3.63, 3.8) is 0 Å². The molecule has 1 aromatic carbocycles. The molecule has 1 aliphatic rings. The Labute approximate surface area is 230 Å². The van der Waals surface area contributed by atoms with E-state index >= 15 is 0 Å². The van der Waals surface area contributed by atoms with Crippen LogP contribution in [0.25, 0.3) is 17.1 Å². The van der Waals surface area contributed by atoms with Crippen LogP contribution in [-0.2, 0) is 9.31 Å². The summed E-state index contributed by atoms with van der Waals surface area (Å²) in [5.41, 5.74) is 5.44. The normalized spacial score (nSPS) is 16.8. The molecule has 0 aliphatic carbocycles. The Kier molecular flexibility index (Phi) is 6.94. The standard InChI is InChI=1S/C29H35BN6O3/c1-18-15-24(23-13-14-25(27(33-23)37-8)36-16-19(2)31-17-36)34-35-26(18)32-20(3)21-9-11-22(12-10-21)30-38-28(4,5)29(6,7)39-30/h9-17,20H,1-8H3,(H,32,35)/t20-/m0/s1. The molecule has 0 saturated carbocycles. The van der Waals surface area contributed by atoms with Crippen molar-refractivity contribution in [1.29, 1.82) is 0 Å². The number of aromatic nitrogens is 5. The van der Waals surface area contributed by atoms with Crippen LogP contribution in [0.1, 0.15) is 57.5 Å². The van der Waals surface area contributed by atoms with Gasteiger partial charge in [-0.05, 0) is 83.3 Å². The number of benzene rings is 1. The van der Waals surface area contributed by atoms with Crippen LogP contribution in [0.3, 0.4) is 0 Å². The summed E-state index contributed by atoms with van der Waals surface area (Å²) in [5.74, 6) is 1.21. The van der Waals surface area contributed by atoms with Gasteiger partial charge in [-0.2, -0.15) is 0 Å². The number of nitrogens with zero attached hydrogens (tertiary/aromatic N) is 5. The molecule has 39 heavy (non-hydrogen) atoms. The van der Waals surface area contributed by atoms with Gasteiger partial charge in [0.25, 0.3) is 0 Å². The first-order valence-electron chi connectivity index (χ1n) is 13.1. The second-order valence-electron chi connectivity index (χ2n) is 11.0. The lowest BCUT2D eigenvalue weighted by atomic mass is 9.78. The summed E-state index contributed by atoms with van der Waals surface area (Å²) >= 11 is 0. The van der Waals surface area contributed by atoms with Crippen LogP contribution in [0, 0.1) is 13.8 Å². The van der Waals surface area contributed by atoms with E-state index in [1.807, 2.05) is 42.8 Å². The van der Waals surface area contributed by atoms with Gasteiger partial charge in [0.05, 0.1) is 42.1 Å². The molecular formula is C29H35BN6O3. The minimum absolute atomic E-state index is 0.0207. The molecule has 4 aromatic rings. The molecule has 1 atom stereocenters. The lowest BCUT2D eigenvalue weighted by molar-refractivity contribution is 0.00578. The van der Waals surface area contributed by atoms with Crippen LogP contribution in [0.2, 0.25) is 0 Å². The van der Waals surface area contributed by atoms with Gasteiger partial charge in [0.1, 0.15) is 11.4 Å². The SMILES string of the molecule is COc1nc(-c2cc(C)c(N[C@@H](C)c3ccc(B4OC(C)(C)C(C)(C)O4)cc3)nn2)ccc1-n1cnc(C)c1. The summed E-state index contributed by atoms with van der Waals surface area (Å²) < 4.78 is 19.8. The summed E-state index contributed by atoms with van der Waals surface area (Å²) in [7, 11) is 1.23. The van der Waals surface area contributed by atoms with Crippen molar-refractivity contribution >= 4 is 18.4 Å². The van der Waals surface area contributed by atoms with Crippen LogP contribution < -0.4 is 15.5 Å². The molecule has 4 heterocycles. The third-order valence-corrected chi connectivity index (χ3v) is 7.59. The number of rotatable bonds is 7. The van der Waals surface area contributed by atoms with Crippen LogP contribution in [-0.4, -0.2) is 50.2 Å². The predicted octanol–water partition coefficient (Wildman–Crippen LogP) is 4.82. The highest BCUT2D eigenvalue weighted by molar-refractivity contribution is 6.62. The first-order chi connectivity index (χ1) is 18.5. The monoisotopic (exact) mass is 526 g/mol. The number of nitrogens with one attached hydrogen (secondary N) is 1. The topological polar surface area (TPSA) is 96.2 Å². The third-order valence-electron chi connectivity index (χ3n) is 7.59. The summed E-state index contributed by atoms with van der Waals surface area (Å²) in [5, 5.41) is 12.4. The quantitative estimate of drug-likeness (QED) is 0.343. The Morgan fingerprint density at radius 2 is 1.64 bits per heavy atom. The number of hydrogen-bond acceptors (Lipinski definition) is 8. The zero-order valence-electron chi connectivity index (χ0n) is 23.8.